The first-order valence-electron chi connectivity index (χ1n) is 11.5. The number of esters is 1. The zero-order valence-corrected chi connectivity index (χ0v) is 22.4. The molecule has 35 heavy (non-hydrogen) atoms. The summed E-state index contributed by atoms with van der Waals surface area (Å²) in [6.45, 7) is 8.96. The second-order valence-electron chi connectivity index (χ2n) is 9.15. The normalized spacial score (nSPS) is 11.9. The highest BCUT2D eigenvalue weighted by Crippen LogP contribution is 2.22. The Hall–Kier alpha value is -3.01. The predicted molar refractivity (Wildman–Crippen MR) is 139 cm³/mol. The molecule has 1 heterocycles. The second kappa shape index (κ2) is 11.6. The van der Waals surface area contributed by atoms with Crippen molar-refractivity contribution in [1.29, 1.82) is 0 Å². The van der Waals surface area contributed by atoms with Crippen molar-refractivity contribution in [2.24, 2.45) is 0 Å². The number of pyridine rings is 1. The SMILES string of the molecule is CCOC(=O)COc1cccc(CN(Cc2ccc([Si](C)(C)C)cc2)S(=O)(=O)c2cccnc2)c1. The smallest absolute Gasteiger partial charge is 0.344 e. The van der Waals surface area contributed by atoms with E-state index >= 15 is 0 Å². The van der Waals surface area contributed by atoms with Gasteiger partial charge in [-0.15, -0.1) is 0 Å². The summed E-state index contributed by atoms with van der Waals surface area (Å²) >= 11 is 0. The number of rotatable bonds is 11. The number of ether oxygens (including phenoxy) is 2. The van der Waals surface area contributed by atoms with Crippen LogP contribution in [0.4, 0.5) is 0 Å². The summed E-state index contributed by atoms with van der Waals surface area (Å²) < 4.78 is 38.9. The van der Waals surface area contributed by atoms with Gasteiger partial charge in [-0.2, -0.15) is 4.31 Å². The second-order valence-corrected chi connectivity index (χ2v) is 16.2. The molecule has 186 valence electrons. The molecule has 0 saturated carbocycles. The molecular weight excluding hydrogens is 480 g/mol. The van der Waals surface area contributed by atoms with E-state index in [-0.39, 0.29) is 31.2 Å². The van der Waals surface area contributed by atoms with Crippen LogP contribution >= 0.6 is 0 Å². The average molecular weight is 513 g/mol. The molecule has 9 heteroatoms. The number of benzene rings is 2. The fourth-order valence-corrected chi connectivity index (χ4v) is 6.02. The standard InChI is InChI=1S/C26H32N2O5SSi/c1-5-32-26(29)20-33-23-9-6-8-22(16-23)19-28(34(30,31)24-10-7-15-27-17-24)18-21-11-13-25(14-12-21)35(2,3)4/h6-17H,5,18-20H2,1-4H3. The van der Waals surface area contributed by atoms with E-state index in [1.54, 1.807) is 43.5 Å². The number of hydrogen-bond donors (Lipinski definition) is 0. The van der Waals surface area contributed by atoms with Gasteiger partial charge >= 0.3 is 5.97 Å². The molecule has 3 rings (SSSR count). The zero-order chi connectivity index (χ0) is 25.5. The van der Waals surface area contributed by atoms with Crippen molar-refractivity contribution in [3.63, 3.8) is 0 Å². The van der Waals surface area contributed by atoms with Gasteiger partial charge in [0.15, 0.2) is 6.61 Å². The summed E-state index contributed by atoms with van der Waals surface area (Å²) in [5, 5.41) is 1.31. The third-order valence-electron chi connectivity index (χ3n) is 5.37. The maximum absolute atomic E-state index is 13.5. The largest absolute Gasteiger partial charge is 0.482 e. The van der Waals surface area contributed by atoms with E-state index in [1.165, 1.54) is 15.7 Å². The first-order valence-corrected chi connectivity index (χ1v) is 16.4. The Morgan fingerprint density at radius 2 is 1.69 bits per heavy atom. The van der Waals surface area contributed by atoms with Gasteiger partial charge in [0, 0.05) is 25.5 Å². The maximum atomic E-state index is 13.5. The van der Waals surface area contributed by atoms with E-state index in [1.807, 2.05) is 18.2 Å². The Bertz CT molecular complexity index is 1230. The van der Waals surface area contributed by atoms with Crippen molar-refractivity contribution < 1.29 is 22.7 Å². The van der Waals surface area contributed by atoms with Gasteiger partial charge in [0.2, 0.25) is 10.0 Å². The van der Waals surface area contributed by atoms with Crippen LogP contribution in [0.3, 0.4) is 0 Å². The lowest BCUT2D eigenvalue weighted by Crippen LogP contribution is -2.37. The Morgan fingerprint density at radius 1 is 0.971 bits per heavy atom. The Morgan fingerprint density at radius 3 is 2.31 bits per heavy atom. The molecule has 1 aromatic heterocycles. The highest BCUT2D eigenvalue weighted by molar-refractivity contribution is 7.89. The summed E-state index contributed by atoms with van der Waals surface area (Å²) in [5.41, 5.74) is 1.63. The van der Waals surface area contributed by atoms with Crippen molar-refractivity contribution in [2.75, 3.05) is 13.2 Å². The van der Waals surface area contributed by atoms with E-state index in [4.69, 9.17) is 9.47 Å². The third-order valence-corrected chi connectivity index (χ3v) is 9.21. The van der Waals surface area contributed by atoms with Crippen LogP contribution in [0.1, 0.15) is 18.1 Å². The summed E-state index contributed by atoms with van der Waals surface area (Å²) in [7, 11) is -5.28. The lowest BCUT2D eigenvalue weighted by Gasteiger charge is -2.23. The Balaban J connectivity index is 1.87. The van der Waals surface area contributed by atoms with Crippen LogP contribution in [0, 0.1) is 0 Å². The molecule has 0 N–H and O–H groups in total. The van der Waals surface area contributed by atoms with Gasteiger partial charge in [-0.3, -0.25) is 4.98 Å². The third kappa shape index (κ3) is 7.48. The molecule has 3 aromatic rings. The van der Waals surface area contributed by atoms with Crippen LogP contribution in [-0.4, -0.2) is 45.0 Å². The fraction of sp³-hybridized carbons (Fsp3) is 0.308. The maximum Gasteiger partial charge on any atom is 0.344 e. The monoisotopic (exact) mass is 512 g/mol. The van der Waals surface area contributed by atoms with Crippen LogP contribution in [0.15, 0.2) is 78.0 Å². The molecule has 0 unspecified atom stereocenters. The molecule has 0 radical (unpaired) electrons. The molecule has 0 fully saturated rings. The Labute approximate surface area is 208 Å². The molecule has 0 amide bonds. The molecule has 0 atom stereocenters. The van der Waals surface area contributed by atoms with Crippen molar-refractivity contribution >= 4 is 29.3 Å². The van der Waals surface area contributed by atoms with E-state index in [2.05, 4.69) is 36.8 Å². The molecule has 0 aliphatic carbocycles. The van der Waals surface area contributed by atoms with Crippen LogP contribution in [-0.2, 0) is 32.6 Å². The molecule has 0 aliphatic rings. The van der Waals surface area contributed by atoms with Gasteiger partial charge < -0.3 is 9.47 Å². The quantitative estimate of drug-likeness (QED) is 0.286. The van der Waals surface area contributed by atoms with Gasteiger partial charge in [0.25, 0.3) is 0 Å². The summed E-state index contributed by atoms with van der Waals surface area (Å²) in [6.07, 6.45) is 2.90. The summed E-state index contributed by atoms with van der Waals surface area (Å²) in [5.74, 6) is 0.00853. The highest BCUT2D eigenvalue weighted by Gasteiger charge is 2.26. The molecule has 0 bridgehead atoms. The first-order chi connectivity index (χ1) is 16.6. The van der Waals surface area contributed by atoms with Crippen molar-refractivity contribution in [3.8, 4) is 5.75 Å². The van der Waals surface area contributed by atoms with E-state index in [0.29, 0.717) is 5.75 Å². The van der Waals surface area contributed by atoms with Gasteiger partial charge in [-0.05, 0) is 42.3 Å². The van der Waals surface area contributed by atoms with Crippen molar-refractivity contribution in [3.05, 3.63) is 84.2 Å². The Kier molecular flexibility index (Phi) is 8.82. The van der Waals surface area contributed by atoms with Crippen LogP contribution in [0.25, 0.3) is 0 Å². The molecule has 0 saturated heterocycles. The lowest BCUT2D eigenvalue weighted by atomic mass is 10.2. The van der Waals surface area contributed by atoms with E-state index in [9.17, 15) is 13.2 Å². The first kappa shape index (κ1) is 26.6. The minimum atomic E-state index is -3.82. The van der Waals surface area contributed by atoms with Crippen molar-refractivity contribution in [1.82, 2.24) is 9.29 Å². The zero-order valence-electron chi connectivity index (χ0n) is 20.6. The number of carbonyl (C=O) groups excluding carboxylic acids is 1. The topological polar surface area (TPSA) is 85.8 Å². The van der Waals surface area contributed by atoms with Crippen LogP contribution in [0.2, 0.25) is 19.6 Å². The molecule has 0 spiro atoms. The van der Waals surface area contributed by atoms with Gasteiger partial charge in [-0.25, -0.2) is 13.2 Å². The number of aromatic nitrogens is 1. The number of hydrogen-bond acceptors (Lipinski definition) is 6. The van der Waals surface area contributed by atoms with Gasteiger partial charge in [0.1, 0.15) is 10.6 Å². The molecular formula is C26H32N2O5SSi. The fourth-order valence-electron chi connectivity index (χ4n) is 3.47. The highest BCUT2D eigenvalue weighted by atomic mass is 32.2. The average Bonchev–Trinajstić information content (AvgIpc) is 2.83. The number of sulfonamides is 1. The lowest BCUT2D eigenvalue weighted by molar-refractivity contribution is -0.145. The molecule has 7 nitrogen and oxygen atoms in total. The minimum absolute atomic E-state index is 0.129. The minimum Gasteiger partial charge on any atom is -0.482 e. The van der Waals surface area contributed by atoms with Gasteiger partial charge in [-0.1, -0.05) is 61.2 Å². The van der Waals surface area contributed by atoms with Crippen LogP contribution < -0.4 is 9.92 Å². The summed E-state index contributed by atoms with van der Waals surface area (Å²) in [4.78, 5) is 15.7. The predicted octanol–water partition coefficient (Wildman–Crippen LogP) is 3.96. The van der Waals surface area contributed by atoms with E-state index < -0.39 is 24.1 Å². The molecule has 0 aliphatic heterocycles. The summed E-state index contributed by atoms with van der Waals surface area (Å²) in [6, 6.07) is 18.4. The van der Waals surface area contributed by atoms with Crippen molar-refractivity contribution in [2.45, 2.75) is 44.5 Å². The van der Waals surface area contributed by atoms with Crippen LogP contribution in [0.5, 0.6) is 5.75 Å². The number of nitrogens with zero attached hydrogens (tertiary/aromatic N) is 2. The molecule has 2 aromatic carbocycles. The van der Waals surface area contributed by atoms with Gasteiger partial charge in [0.05, 0.1) is 14.7 Å². The van der Waals surface area contributed by atoms with E-state index in [0.717, 1.165) is 11.1 Å². The number of carbonyl (C=O) groups is 1.